The van der Waals surface area contributed by atoms with Crippen molar-refractivity contribution in [3.05, 3.63) is 22.2 Å². The first-order valence-corrected chi connectivity index (χ1v) is 5.65. The van der Waals surface area contributed by atoms with Gasteiger partial charge in [-0.25, -0.2) is 0 Å². The van der Waals surface area contributed by atoms with Crippen molar-refractivity contribution >= 4 is 27.3 Å². The minimum absolute atomic E-state index is 0.543. The fraction of sp³-hybridized carbons (Fsp3) is 0.455. The Morgan fingerprint density at radius 1 is 1.50 bits per heavy atom. The molecule has 2 nitrogen and oxygen atoms in total. The number of benzene rings is 1. The van der Waals surface area contributed by atoms with Gasteiger partial charge in [-0.3, -0.25) is 0 Å². The van der Waals surface area contributed by atoms with Crippen LogP contribution < -0.4 is 10.2 Å². The van der Waals surface area contributed by atoms with E-state index in [0.717, 1.165) is 6.54 Å². The van der Waals surface area contributed by atoms with Crippen LogP contribution in [0, 0.1) is 6.92 Å². The van der Waals surface area contributed by atoms with Gasteiger partial charge in [-0.15, -0.1) is 0 Å². The molecule has 1 aliphatic rings. The number of fused-ring (bicyclic) bond motifs is 1. The van der Waals surface area contributed by atoms with E-state index < -0.39 is 0 Å². The molecule has 0 aromatic heterocycles. The fourth-order valence-corrected chi connectivity index (χ4v) is 2.70. The van der Waals surface area contributed by atoms with Crippen LogP contribution in [0.15, 0.2) is 16.6 Å². The van der Waals surface area contributed by atoms with E-state index in [0.29, 0.717) is 6.04 Å². The molecule has 0 fully saturated rings. The van der Waals surface area contributed by atoms with Gasteiger partial charge in [-0.1, -0.05) is 0 Å². The molecule has 14 heavy (non-hydrogen) atoms. The highest BCUT2D eigenvalue weighted by molar-refractivity contribution is 9.10. The van der Waals surface area contributed by atoms with E-state index in [1.165, 1.54) is 21.4 Å². The quantitative estimate of drug-likeness (QED) is 0.766. The van der Waals surface area contributed by atoms with E-state index in [-0.39, 0.29) is 0 Å². The molecule has 0 bridgehead atoms. The summed E-state index contributed by atoms with van der Waals surface area (Å²) in [5.74, 6) is 0. The zero-order chi connectivity index (χ0) is 10.3. The zero-order valence-corrected chi connectivity index (χ0v) is 10.4. The van der Waals surface area contributed by atoms with Gasteiger partial charge in [0, 0.05) is 24.1 Å². The highest BCUT2D eigenvalue weighted by Gasteiger charge is 2.21. The Morgan fingerprint density at radius 3 is 2.93 bits per heavy atom. The van der Waals surface area contributed by atoms with Crippen molar-refractivity contribution in [1.29, 1.82) is 0 Å². The van der Waals surface area contributed by atoms with Crippen LogP contribution in [0.5, 0.6) is 0 Å². The van der Waals surface area contributed by atoms with Gasteiger partial charge in [0.25, 0.3) is 0 Å². The number of hydrogen-bond acceptors (Lipinski definition) is 2. The first kappa shape index (κ1) is 9.84. The van der Waals surface area contributed by atoms with Gasteiger partial charge >= 0.3 is 0 Å². The summed E-state index contributed by atoms with van der Waals surface area (Å²) in [4.78, 5) is 2.31. The summed E-state index contributed by atoms with van der Waals surface area (Å²) in [6.45, 7) is 5.35. The first-order valence-electron chi connectivity index (χ1n) is 4.86. The molecule has 0 spiro atoms. The molecule has 1 atom stereocenters. The SMILES string of the molecule is Cc1cc(Br)c2c(c1)NCC(C)N2C. The molecule has 1 aromatic rings. The largest absolute Gasteiger partial charge is 0.381 e. The Kier molecular flexibility index (Phi) is 2.43. The predicted octanol–water partition coefficient (Wildman–Crippen LogP) is 3.01. The number of aryl methyl sites for hydroxylation is 1. The number of nitrogens with one attached hydrogen (secondary N) is 1. The average molecular weight is 255 g/mol. The molecule has 3 heteroatoms. The van der Waals surface area contributed by atoms with E-state index in [9.17, 15) is 0 Å². The van der Waals surface area contributed by atoms with Gasteiger partial charge in [0.2, 0.25) is 0 Å². The Labute approximate surface area is 93.4 Å². The topological polar surface area (TPSA) is 15.3 Å². The molecule has 1 aromatic carbocycles. The lowest BCUT2D eigenvalue weighted by molar-refractivity contribution is 0.697. The van der Waals surface area contributed by atoms with Crippen LogP contribution in [0.4, 0.5) is 11.4 Å². The van der Waals surface area contributed by atoms with Crippen LogP contribution in [0.3, 0.4) is 0 Å². The highest BCUT2D eigenvalue weighted by atomic mass is 79.9. The Hall–Kier alpha value is -0.700. The van der Waals surface area contributed by atoms with Crippen molar-refractivity contribution in [3.63, 3.8) is 0 Å². The third-order valence-electron chi connectivity index (χ3n) is 2.81. The van der Waals surface area contributed by atoms with E-state index in [4.69, 9.17) is 0 Å². The summed E-state index contributed by atoms with van der Waals surface area (Å²) in [6, 6.07) is 4.90. The molecule has 76 valence electrons. The molecule has 2 rings (SSSR count). The summed E-state index contributed by atoms with van der Waals surface area (Å²) in [7, 11) is 2.14. The molecular weight excluding hydrogens is 240 g/mol. The summed E-state index contributed by atoms with van der Waals surface area (Å²) < 4.78 is 1.18. The number of likely N-dealkylation sites (N-methyl/N-ethyl adjacent to an activating group) is 1. The van der Waals surface area contributed by atoms with Gasteiger partial charge in [0.15, 0.2) is 0 Å². The summed E-state index contributed by atoms with van der Waals surface area (Å²) in [5, 5.41) is 3.45. The van der Waals surface area contributed by atoms with Gasteiger partial charge in [-0.2, -0.15) is 0 Å². The van der Waals surface area contributed by atoms with Crippen LogP contribution in [-0.4, -0.2) is 19.6 Å². The second-order valence-corrected chi connectivity index (χ2v) is 4.84. The molecule has 1 aliphatic heterocycles. The number of nitrogens with zero attached hydrogens (tertiary/aromatic N) is 1. The molecule has 0 amide bonds. The van der Waals surface area contributed by atoms with Crippen molar-refractivity contribution in [1.82, 2.24) is 0 Å². The maximum Gasteiger partial charge on any atom is 0.0746 e. The van der Waals surface area contributed by atoms with Crippen molar-refractivity contribution in [2.24, 2.45) is 0 Å². The van der Waals surface area contributed by atoms with E-state index in [1.54, 1.807) is 0 Å². The lowest BCUT2D eigenvalue weighted by atomic mass is 10.1. The second kappa shape index (κ2) is 3.46. The molecule has 0 saturated carbocycles. The second-order valence-electron chi connectivity index (χ2n) is 3.98. The normalized spacial score (nSPS) is 20.3. The summed E-state index contributed by atoms with van der Waals surface area (Å²) in [6.07, 6.45) is 0. The van der Waals surface area contributed by atoms with Crippen LogP contribution in [-0.2, 0) is 0 Å². The Balaban J connectivity index is 2.54. The first-order chi connectivity index (χ1) is 6.59. The van der Waals surface area contributed by atoms with Crippen molar-refractivity contribution in [2.75, 3.05) is 23.8 Å². The Bertz CT molecular complexity index is 363. The fourth-order valence-electron chi connectivity index (χ4n) is 1.84. The Morgan fingerprint density at radius 2 is 2.21 bits per heavy atom. The van der Waals surface area contributed by atoms with Gasteiger partial charge in [0.05, 0.1) is 11.4 Å². The number of rotatable bonds is 0. The third kappa shape index (κ3) is 1.50. The standard InChI is InChI=1S/C11H15BrN2/c1-7-4-9(12)11-10(5-7)13-6-8(2)14(11)3/h4-5,8,13H,6H2,1-3H3. The van der Waals surface area contributed by atoms with Crippen LogP contribution in [0.2, 0.25) is 0 Å². The summed E-state index contributed by atoms with van der Waals surface area (Å²) >= 11 is 3.62. The smallest absolute Gasteiger partial charge is 0.0746 e. The van der Waals surface area contributed by atoms with Crippen LogP contribution in [0.1, 0.15) is 12.5 Å². The summed E-state index contributed by atoms with van der Waals surface area (Å²) in [5.41, 5.74) is 3.79. The molecule has 1 N–H and O–H groups in total. The average Bonchev–Trinajstić information content (AvgIpc) is 2.10. The van der Waals surface area contributed by atoms with Crippen molar-refractivity contribution < 1.29 is 0 Å². The lowest BCUT2D eigenvalue weighted by Gasteiger charge is -2.35. The van der Waals surface area contributed by atoms with Crippen LogP contribution >= 0.6 is 15.9 Å². The molecule has 0 saturated heterocycles. The molecular formula is C11H15BrN2. The van der Waals surface area contributed by atoms with E-state index in [1.807, 2.05) is 0 Å². The number of hydrogen-bond donors (Lipinski definition) is 1. The molecule has 0 radical (unpaired) electrons. The minimum atomic E-state index is 0.543. The van der Waals surface area contributed by atoms with Gasteiger partial charge in [0.1, 0.15) is 0 Å². The third-order valence-corrected chi connectivity index (χ3v) is 3.41. The highest BCUT2D eigenvalue weighted by Crippen LogP contribution is 2.38. The molecule has 1 unspecified atom stereocenters. The van der Waals surface area contributed by atoms with Crippen molar-refractivity contribution in [3.8, 4) is 0 Å². The van der Waals surface area contributed by atoms with E-state index >= 15 is 0 Å². The van der Waals surface area contributed by atoms with Crippen molar-refractivity contribution in [2.45, 2.75) is 19.9 Å². The molecule has 0 aliphatic carbocycles. The van der Waals surface area contributed by atoms with E-state index in [2.05, 4.69) is 59.2 Å². The minimum Gasteiger partial charge on any atom is -0.381 e. The zero-order valence-electron chi connectivity index (χ0n) is 8.76. The lowest BCUT2D eigenvalue weighted by Crippen LogP contribution is -2.39. The van der Waals surface area contributed by atoms with Gasteiger partial charge < -0.3 is 10.2 Å². The van der Waals surface area contributed by atoms with Gasteiger partial charge in [-0.05, 0) is 47.5 Å². The number of anilines is 2. The maximum atomic E-state index is 3.62. The van der Waals surface area contributed by atoms with Crippen LogP contribution in [0.25, 0.3) is 0 Å². The molecule has 1 heterocycles. The monoisotopic (exact) mass is 254 g/mol. The predicted molar refractivity (Wildman–Crippen MR) is 65.2 cm³/mol. The number of halogens is 1. The maximum absolute atomic E-state index is 3.62.